The summed E-state index contributed by atoms with van der Waals surface area (Å²) in [5.41, 5.74) is 1.67. The summed E-state index contributed by atoms with van der Waals surface area (Å²) in [5.74, 6) is 1.000. The van der Waals surface area contributed by atoms with Crippen molar-refractivity contribution in [3.63, 3.8) is 0 Å². The maximum Gasteiger partial charge on any atom is 0.272 e. The van der Waals surface area contributed by atoms with Crippen molar-refractivity contribution in [3.05, 3.63) is 48.4 Å². The second kappa shape index (κ2) is 7.72. The van der Waals surface area contributed by atoms with Gasteiger partial charge in [-0.2, -0.15) is 0 Å². The molecule has 0 N–H and O–H groups in total. The number of aromatic nitrogens is 2. The zero-order valence-electron chi connectivity index (χ0n) is 15.0. The first-order valence-electron chi connectivity index (χ1n) is 9.47. The highest BCUT2D eigenvalue weighted by Gasteiger charge is 2.23. The number of pyridine rings is 2. The maximum absolute atomic E-state index is 12.7. The summed E-state index contributed by atoms with van der Waals surface area (Å²) in [4.78, 5) is 28.1. The van der Waals surface area contributed by atoms with E-state index in [0.717, 1.165) is 37.7 Å². The van der Waals surface area contributed by atoms with Gasteiger partial charge in [0, 0.05) is 45.5 Å². The average Bonchev–Trinajstić information content (AvgIpc) is 2.75. The molecule has 0 aliphatic carbocycles. The monoisotopic (exact) mass is 351 g/mol. The molecule has 2 aromatic heterocycles. The van der Waals surface area contributed by atoms with Crippen molar-refractivity contribution in [1.29, 1.82) is 0 Å². The fraction of sp³-hybridized carbons (Fsp3) is 0.450. The summed E-state index contributed by atoms with van der Waals surface area (Å²) in [6.45, 7) is 5.17. The van der Waals surface area contributed by atoms with Crippen molar-refractivity contribution in [3.8, 4) is 0 Å². The topological polar surface area (TPSA) is 52.6 Å². The molecule has 0 unspecified atom stereocenters. The summed E-state index contributed by atoms with van der Waals surface area (Å²) >= 11 is 0. The molecule has 1 amide bonds. The predicted molar refractivity (Wildman–Crippen MR) is 103 cm³/mol. The van der Waals surface area contributed by atoms with Gasteiger partial charge in [-0.1, -0.05) is 6.07 Å². The number of piperidine rings is 1. The molecule has 2 aliphatic heterocycles. The average molecular weight is 351 g/mol. The number of carbonyl (C=O) groups is 1. The van der Waals surface area contributed by atoms with Crippen LogP contribution in [0.1, 0.15) is 29.8 Å². The molecule has 0 radical (unpaired) electrons. The number of rotatable bonds is 3. The first-order valence-corrected chi connectivity index (χ1v) is 9.47. The molecule has 6 nitrogen and oxygen atoms in total. The van der Waals surface area contributed by atoms with Gasteiger partial charge in [0.25, 0.3) is 5.91 Å². The van der Waals surface area contributed by atoms with Crippen LogP contribution in [0.4, 0.5) is 11.5 Å². The Labute approximate surface area is 154 Å². The highest BCUT2D eigenvalue weighted by molar-refractivity contribution is 5.92. The fourth-order valence-corrected chi connectivity index (χ4v) is 3.69. The van der Waals surface area contributed by atoms with Gasteiger partial charge in [0.05, 0.1) is 11.9 Å². The van der Waals surface area contributed by atoms with Crippen LogP contribution in [-0.4, -0.2) is 60.0 Å². The van der Waals surface area contributed by atoms with Crippen LogP contribution < -0.4 is 9.80 Å². The van der Waals surface area contributed by atoms with Gasteiger partial charge < -0.3 is 14.7 Å². The fourth-order valence-electron chi connectivity index (χ4n) is 3.69. The second-order valence-electron chi connectivity index (χ2n) is 6.92. The van der Waals surface area contributed by atoms with Gasteiger partial charge in [0.1, 0.15) is 11.5 Å². The molecule has 4 heterocycles. The quantitative estimate of drug-likeness (QED) is 0.850. The highest BCUT2D eigenvalue weighted by atomic mass is 16.2. The molecule has 0 bridgehead atoms. The van der Waals surface area contributed by atoms with Crippen LogP contribution in [0.25, 0.3) is 0 Å². The standard InChI is InChI=1S/C20H25N5O/c26-20(18-8-7-17(16-22-18)23-10-4-1-5-11-23)25-14-12-24(13-15-25)19-6-2-3-9-21-19/h2-3,6-9,16H,1,4-5,10-15H2. The minimum Gasteiger partial charge on any atom is -0.370 e. The Kier molecular flexibility index (Phi) is 5.00. The van der Waals surface area contributed by atoms with E-state index in [4.69, 9.17) is 0 Å². The van der Waals surface area contributed by atoms with Crippen LogP contribution in [-0.2, 0) is 0 Å². The number of amides is 1. The summed E-state index contributed by atoms with van der Waals surface area (Å²) in [6.07, 6.45) is 7.44. The van der Waals surface area contributed by atoms with E-state index in [0.29, 0.717) is 18.8 Å². The third-order valence-corrected chi connectivity index (χ3v) is 5.23. The molecule has 2 saturated heterocycles. The molecule has 4 rings (SSSR count). The molecule has 136 valence electrons. The Bertz CT molecular complexity index is 720. The first kappa shape index (κ1) is 16.8. The third-order valence-electron chi connectivity index (χ3n) is 5.23. The van der Waals surface area contributed by atoms with E-state index in [1.54, 1.807) is 6.20 Å². The molecule has 6 heteroatoms. The maximum atomic E-state index is 12.7. The van der Waals surface area contributed by atoms with Gasteiger partial charge in [0.2, 0.25) is 0 Å². The largest absolute Gasteiger partial charge is 0.370 e. The smallest absolute Gasteiger partial charge is 0.272 e. The predicted octanol–water partition coefficient (Wildman–Crippen LogP) is 2.43. The van der Waals surface area contributed by atoms with E-state index in [-0.39, 0.29) is 5.91 Å². The molecule has 0 atom stereocenters. The van der Waals surface area contributed by atoms with Crippen molar-refractivity contribution >= 4 is 17.4 Å². The number of carbonyl (C=O) groups excluding carboxylic acids is 1. The van der Waals surface area contributed by atoms with Crippen molar-refractivity contribution in [2.75, 3.05) is 49.1 Å². The van der Waals surface area contributed by atoms with Crippen molar-refractivity contribution in [2.24, 2.45) is 0 Å². The molecule has 26 heavy (non-hydrogen) atoms. The zero-order chi connectivity index (χ0) is 17.8. The number of anilines is 2. The van der Waals surface area contributed by atoms with Crippen LogP contribution in [0.3, 0.4) is 0 Å². The van der Waals surface area contributed by atoms with E-state index in [1.165, 1.54) is 19.3 Å². The lowest BCUT2D eigenvalue weighted by Crippen LogP contribution is -2.49. The van der Waals surface area contributed by atoms with Crippen LogP contribution >= 0.6 is 0 Å². The molecule has 0 saturated carbocycles. The van der Waals surface area contributed by atoms with Gasteiger partial charge >= 0.3 is 0 Å². The molecule has 0 aromatic carbocycles. The number of hydrogen-bond donors (Lipinski definition) is 0. The Hall–Kier alpha value is -2.63. The lowest BCUT2D eigenvalue weighted by atomic mass is 10.1. The molecular weight excluding hydrogens is 326 g/mol. The van der Waals surface area contributed by atoms with Crippen LogP contribution in [0.2, 0.25) is 0 Å². The van der Waals surface area contributed by atoms with Gasteiger partial charge in [-0.25, -0.2) is 9.97 Å². The second-order valence-corrected chi connectivity index (χ2v) is 6.92. The van der Waals surface area contributed by atoms with Crippen molar-refractivity contribution in [2.45, 2.75) is 19.3 Å². The van der Waals surface area contributed by atoms with Crippen molar-refractivity contribution < 1.29 is 4.79 Å². The van der Waals surface area contributed by atoms with E-state index in [2.05, 4.69) is 19.8 Å². The SMILES string of the molecule is O=C(c1ccc(N2CCCCC2)cn1)N1CCN(c2ccccn2)CC1. The number of nitrogens with zero attached hydrogens (tertiary/aromatic N) is 5. The Morgan fingerprint density at radius 1 is 0.808 bits per heavy atom. The Balaban J connectivity index is 1.36. The minimum atomic E-state index is 0.0239. The third kappa shape index (κ3) is 3.64. The number of piperazine rings is 1. The van der Waals surface area contributed by atoms with Gasteiger partial charge in [-0.05, 0) is 43.5 Å². The first-order chi connectivity index (χ1) is 12.8. The zero-order valence-corrected chi connectivity index (χ0v) is 15.0. The minimum absolute atomic E-state index is 0.0239. The van der Waals surface area contributed by atoms with E-state index in [1.807, 2.05) is 41.4 Å². The Morgan fingerprint density at radius 3 is 2.27 bits per heavy atom. The lowest BCUT2D eigenvalue weighted by molar-refractivity contribution is 0.0740. The number of hydrogen-bond acceptors (Lipinski definition) is 5. The normalized spacial score (nSPS) is 18.1. The summed E-state index contributed by atoms with van der Waals surface area (Å²) in [6, 6.07) is 9.83. The van der Waals surface area contributed by atoms with E-state index >= 15 is 0 Å². The van der Waals surface area contributed by atoms with Crippen LogP contribution in [0, 0.1) is 0 Å². The summed E-state index contributed by atoms with van der Waals surface area (Å²) in [7, 11) is 0. The Morgan fingerprint density at radius 2 is 1.62 bits per heavy atom. The van der Waals surface area contributed by atoms with Crippen LogP contribution in [0.15, 0.2) is 42.7 Å². The van der Waals surface area contributed by atoms with Gasteiger partial charge in [-0.15, -0.1) is 0 Å². The van der Waals surface area contributed by atoms with E-state index < -0.39 is 0 Å². The molecular formula is C20H25N5O. The van der Waals surface area contributed by atoms with Crippen molar-refractivity contribution in [1.82, 2.24) is 14.9 Å². The molecule has 2 aliphatic rings. The van der Waals surface area contributed by atoms with Gasteiger partial charge in [-0.3, -0.25) is 4.79 Å². The van der Waals surface area contributed by atoms with E-state index in [9.17, 15) is 4.79 Å². The highest BCUT2D eigenvalue weighted by Crippen LogP contribution is 2.20. The summed E-state index contributed by atoms with van der Waals surface area (Å²) in [5, 5.41) is 0. The van der Waals surface area contributed by atoms with Crippen LogP contribution in [0.5, 0.6) is 0 Å². The molecule has 2 fully saturated rings. The lowest BCUT2D eigenvalue weighted by Gasteiger charge is -2.35. The summed E-state index contributed by atoms with van der Waals surface area (Å²) < 4.78 is 0. The molecule has 2 aromatic rings. The molecule has 0 spiro atoms. The van der Waals surface area contributed by atoms with Gasteiger partial charge in [0.15, 0.2) is 0 Å².